The third-order valence-electron chi connectivity index (χ3n) is 3.74. The van der Waals surface area contributed by atoms with E-state index in [-0.39, 0.29) is 0 Å². The van der Waals surface area contributed by atoms with Crippen LogP contribution in [-0.2, 0) is 6.54 Å². The molecule has 1 unspecified atom stereocenters. The van der Waals surface area contributed by atoms with E-state index >= 15 is 0 Å². The zero-order valence-corrected chi connectivity index (χ0v) is 13.1. The van der Waals surface area contributed by atoms with Crippen LogP contribution in [0.2, 0.25) is 0 Å². The predicted octanol–water partition coefficient (Wildman–Crippen LogP) is 1.49. The largest absolute Gasteiger partial charge is 0.407 e. The van der Waals surface area contributed by atoms with Crippen LogP contribution in [0.5, 0.6) is 0 Å². The number of rotatable bonds is 5. The molecule has 0 saturated carbocycles. The van der Waals surface area contributed by atoms with Crippen LogP contribution in [0.3, 0.4) is 0 Å². The molecule has 20 heavy (non-hydrogen) atoms. The molecule has 1 aromatic rings. The SMILES string of the molecule is CCC1CN(C)CCCN1c1nnc(CNC(C)C)o1. The Bertz CT molecular complexity index is 406. The summed E-state index contributed by atoms with van der Waals surface area (Å²) in [4.78, 5) is 4.65. The van der Waals surface area contributed by atoms with Crippen molar-refractivity contribution in [2.45, 2.75) is 52.2 Å². The Morgan fingerprint density at radius 3 is 2.85 bits per heavy atom. The van der Waals surface area contributed by atoms with E-state index in [4.69, 9.17) is 4.42 Å². The van der Waals surface area contributed by atoms with E-state index in [1.807, 2.05) is 0 Å². The average molecular weight is 281 g/mol. The molecule has 0 aromatic carbocycles. The summed E-state index contributed by atoms with van der Waals surface area (Å²) in [6.45, 7) is 10.2. The third kappa shape index (κ3) is 3.93. The molecule has 0 aliphatic carbocycles. The van der Waals surface area contributed by atoms with Gasteiger partial charge in [-0.15, -0.1) is 5.10 Å². The van der Waals surface area contributed by atoms with Crippen molar-refractivity contribution in [1.29, 1.82) is 0 Å². The zero-order valence-electron chi connectivity index (χ0n) is 13.1. The van der Waals surface area contributed by atoms with Crippen LogP contribution in [-0.4, -0.2) is 53.9 Å². The smallest absolute Gasteiger partial charge is 0.318 e. The van der Waals surface area contributed by atoms with Gasteiger partial charge in [0.2, 0.25) is 5.89 Å². The minimum absolute atomic E-state index is 0.417. The number of aromatic nitrogens is 2. The number of hydrogen-bond donors (Lipinski definition) is 1. The van der Waals surface area contributed by atoms with Crippen LogP contribution in [0.15, 0.2) is 4.42 Å². The van der Waals surface area contributed by atoms with Gasteiger partial charge in [0.1, 0.15) is 0 Å². The van der Waals surface area contributed by atoms with Gasteiger partial charge in [0.05, 0.1) is 6.54 Å². The molecule has 0 spiro atoms. The summed E-state index contributed by atoms with van der Waals surface area (Å²) in [7, 11) is 2.18. The lowest BCUT2D eigenvalue weighted by Crippen LogP contribution is -2.40. The van der Waals surface area contributed by atoms with Crippen LogP contribution >= 0.6 is 0 Å². The second-order valence-electron chi connectivity index (χ2n) is 5.89. The summed E-state index contributed by atoms with van der Waals surface area (Å²) in [6, 6.07) is 1.54. The second-order valence-corrected chi connectivity index (χ2v) is 5.89. The highest BCUT2D eigenvalue weighted by Crippen LogP contribution is 2.20. The number of anilines is 1. The highest BCUT2D eigenvalue weighted by molar-refractivity contribution is 5.27. The average Bonchev–Trinajstić information content (AvgIpc) is 2.79. The quantitative estimate of drug-likeness (QED) is 0.882. The fourth-order valence-electron chi connectivity index (χ4n) is 2.57. The first-order valence-electron chi connectivity index (χ1n) is 7.61. The van der Waals surface area contributed by atoms with Gasteiger partial charge in [-0.3, -0.25) is 0 Å². The lowest BCUT2D eigenvalue weighted by atomic mass is 10.2. The van der Waals surface area contributed by atoms with Crippen LogP contribution in [0.1, 0.15) is 39.5 Å². The number of nitrogens with zero attached hydrogens (tertiary/aromatic N) is 4. The summed E-state index contributed by atoms with van der Waals surface area (Å²) in [6.07, 6.45) is 2.22. The Kier molecular flexibility index (Phi) is 5.37. The van der Waals surface area contributed by atoms with Gasteiger partial charge >= 0.3 is 6.01 Å². The first-order valence-corrected chi connectivity index (χ1v) is 7.61. The molecule has 0 amide bonds. The molecule has 1 aliphatic rings. The van der Waals surface area contributed by atoms with Crippen molar-refractivity contribution in [3.8, 4) is 0 Å². The molecule has 1 fully saturated rings. The van der Waals surface area contributed by atoms with E-state index in [9.17, 15) is 0 Å². The maximum atomic E-state index is 5.82. The topological polar surface area (TPSA) is 57.4 Å². The Morgan fingerprint density at radius 1 is 1.35 bits per heavy atom. The molecule has 0 bridgehead atoms. The van der Waals surface area contributed by atoms with Gasteiger partial charge in [-0.2, -0.15) is 0 Å². The van der Waals surface area contributed by atoms with Crippen molar-refractivity contribution in [2.24, 2.45) is 0 Å². The molecule has 0 radical (unpaired) electrons. The monoisotopic (exact) mass is 281 g/mol. The lowest BCUT2D eigenvalue weighted by molar-refractivity contribution is 0.324. The molecular formula is C14H27N5O. The Morgan fingerprint density at radius 2 is 2.15 bits per heavy atom. The van der Waals surface area contributed by atoms with Crippen molar-refractivity contribution < 1.29 is 4.42 Å². The molecule has 6 nitrogen and oxygen atoms in total. The van der Waals surface area contributed by atoms with Crippen molar-refractivity contribution in [3.05, 3.63) is 5.89 Å². The number of hydrogen-bond acceptors (Lipinski definition) is 6. The summed E-state index contributed by atoms with van der Waals surface area (Å²) in [5.74, 6) is 0.668. The highest BCUT2D eigenvalue weighted by atomic mass is 16.4. The minimum Gasteiger partial charge on any atom is -0.407 e. The molecule has 1 N–H and O–H groups in total. The molecule has 1 saturated heterocycles. The Balaban J connectivity index is 2.04. The van der Waals surface area contributed by atoms with E-state index in [1.54, 1.807) is 0 Å². The number of likely N-dealkylation sites (N-methyl/N-ethyl adjacent to an activating group) is 1. The summed E-state index contributed by atoms with van der Waals surface area (Å²) < 4.78 is 5.82. The third-order valence-corrected chi connectivity index (χ3v) is 3.74. The Hall–Kier alpha value is -1.14. The van der Waals surface area contributed by atoms with E-state index in [0.29, 0.717) is 30.5 Å². The van der Waals surface area contributed by atoms with Crippen molar-refractivity contribution in [2.75, 3.05) is 31.6 Å². The molecule has 2 heterocycles. The highest BCUT2D eigenvalue weighted by Gasteiger charge is 2.26. The predicted molar refractivity (Wildman–Crippen MR) is 79.8 cm³/mol. The van der Waals surface area contributed by atoms with Crippen LogP contribution in [0, 0.1) is 0 Å². The lowest BCUT2D eigenvalue weighted by Gasteiger charge is -2.28. The van der Waals surface area contributed by atoms with Crippen LogP contribution in [0.25, 0.3) is 0 Å². The van der Waals surface area contributed by atoms with Crippen LogP contribution < -0.4 is 10.2 Å². The normalized spacial score (nSPS) is 21.4. The molecule has 1 atom stereocenters. The summed E-state index contributed by atoms with van der Waals surface area (Å²) >= 11 is 0. The molecule has 2 rings (SSSR count). The van der Waals surface area contributed by atoms with E-state index in [1.165, 1.54) is 0 Å². The first-order chi connectivity index (χ1) is 9.60. The Labute approximate surface area is 121 Å². The van der Waals surface area contributed by atoms with Crippen molar-refractivity contribution in [3.63, 3.8) is 0 Å². The van der Waals surface area contributed by atoms with Gasteiger partial charge < -0.3 is 19.5 Å². The molecular weight excluding hydrogens is 254 g/mol. The zero-order chi connectivity index (χ0) is 14.5. The van der Waals surface area contributed by atoms with Gasteiger partial charge in [0, 0.05) is 25.2 Å². The van der Waals surface area contributed by atoms with Crippen molar-refractivity contribution >= 4 is 6.01 Å². The fourth-order valence-corrected chi connectivity index (χ4v) is 2.57. The second kappa shape index (κ2) is 7.04. The van der Waals surface area contributed by atoms with E-state index in [2.05, 4.69) is 53.1 Å². The fraction of sp³-hybridized carbons (Fsp3) is 0.857. The van der Waals surface area contributed by atoms with Gasteiger partial charge in [-0.05, 0) is 26.4 Å². The van der Waals surface area contributed by atoms with E-state index in [0.717, 1.165) is 32.5 Å². The summed E-state index contributed by atoms with van der Waals surface area (Å²) in [5.41, 5.74) is 0. The standard InChI is InChI=1S/C14H27N5O/c1-5-12-10-18(4)7-6-8-19(12)14-17-16-13(20-14)9-15-11(2)3/h11-12,15H,5-10H2,1-4H3. The van der Waals surface area contributed by atoms with Gasteiger partial charge in [0.15, 0.2) is 0 Å². The van der Waals surface area contributed by atoms with Crippen LogP contribution in [0.4, 0.5) is 6.01 Å². The van der Waals surface area contributed by atoms with Crippen molar-refractivity contribution in [1.82, 2.24) is 20.4 Å². The summed E-state index contributed by atoms with van der Waals surface area (Å²) in [5, 5.41) is 11.7. The molecule has 1 aliphatic heterocycles. The van der Waals surface area contributed by atoms with Gasteiger partial charge in [0.25, 0.3) is 0 Å². The van der Waals surface area contributed by atoms with E-state index < -0.39 is 0 Å². The minimum atomic E-state index is 0.417. The van der Waals surface area contributed by atoms with Gasteiger partial charge in [-0.1, -0.05) is 25.9 Å². The van der Waals surface area contributed by atoms with Gasteiger partial charge in [-0.25, -0.2) is 0 Å². The molecule has 6 heteroatoms. The maximum Gasteiger partial charge on any atom is 0.318 e. The molecule has 114 valence electrons. The first kappa shape index (κ1) is 15.3. The number of nitrogens with one attached hydrogen (secondary N) is 1. The maximum absolute atomic E-state index is 5.82. The molecule has 1 aromatic heterocycles.